The molecule has 0 amide bonds. The Morgan fingerprint density at radius 3 is 2.42 bits per heavy atom. The fourth-order valence-electron chi connectivity index (χ4n) is 3.70. The van der Waals surface area contributed by atoms with E-state index in [1.54, 1.807) is 14.2 Å². The Labute approximate surface area is 146 Å². The summed E-state index contributed by atoms with van der Waals surface area (Å²) in [6, 6.07) is -0.0990. The number of carbonyl (C=O) groups is 1. The topological polar surface area (TPSA) is 48.0 Å². The molecule has 2 rings (SSSR count). The standard InChI is InChI=1S/C19H33NO4/c1-22-12-6-5-11-20-17-10-4-3-9-16(17)15-18(20)19(21)24-14-8-7-13-23-2/h18H,3-15H2,1-2H3. The second kappa shape index (κ2) is 10.7. The maximum atomic E-state index is 12.6. The van der Waals surface area contributed by atoms with Gasteiger partial charge in [-0.1, -0.05) is 0 Å². The molecule has 5 heteroatoms. The molecule has 0 N–H and O–H groups in total. The Kier molecular flexibility index (Phi) is 8.60. The molecule has 1 aliphatic carbocycles. The van der Waals surface area contributed by atoms with Crippen LogP contribution < -0.4 is 0 Å². The van der Waals surface area contributed by atoms with Gasteiger partial charge < -0.3 is 19.1 Å². The van der Waals surface area contributed by atoms with E-state index in [2.05, 4.69) is 4.90 Å². The second-order valence-electron chi connectivity index (χ2n) is 6.74. The van der Waals surface area contributed by atoms with Crippen LogP contribution in [0, 0.1) is 0 Å². The number of hydrogen-bond acceptors (Lipinski definition) is 5. The van der Waals surface area contributed by atoms with Gasteiger partial charge in [0, 0.05) is 46.1 Å². The summed E-state index contributed by atoms with van der Waals surface area (Å²) >= 11 is 0. The van der Waals surface area contributed by atoms with Gasteiger partial charge in [0.1, 0.15) is 6.04 Å². The van der Waals surface area contributed by atoms with E-state index in [9.17, 15) is 4.79 Å². The molecule has 24 heavy (non-hydrogen) atoms. The molecule has 0 saturated heterocycles. The number of ether oxygens (including phenoxy) is 3. The average molecular weight is 339 g/mol. The molecule has 0 bridgehead atoms. The van der Waals surface area contributed by atoms with Gasteiger partial charge >= 0.3 is 5.97 Å². The molecule has 1 heterocycles. The van der Waals surface area contributed by atoms with Gasteiger partial charge in [0.05, 0.1) is 6.61 Å². The predicted molar refractivity (Wildman–Crippen MR) is 93.8 cm³/mol. The van der Waals surface area contributed by atoms with E-state index in [-0.39, 0.29) is 12.0 Å². The summed E-state index contributed by atoms with van der Waals surface area (Å²) in [4.78, 5) is 14.9. The first-order valence-corrected chi connectivity index (χ1v) is 9.40. The van der Waals surface area contributed by atoms with Crippen LogP contribution in [-0.2, 0) is 19.0 Å². The molecule has 0 radical (unpaired) electrons. The number of carbonyl (C=O) groups excluding carboxylic acids is 1. The Morgan fingerprint density at radius 1 is 1.00 bits per heavy atom. The van der Waals surface area contributed by atoms with Crippen LogP contribution in [0.5, 0.6) is 0 Å². The van der Waals surface area contributed by atoms with E-state index in [1.165, 1.54) is 24.1 Å². The molecule has 1 unspecified atom stereocenters. The first-order valence-electron chi connectivity index (χ1n) is 9.40. The van der Waals surface area contributed by atoms with Crippen LogP contribution in [0.1, 0.15) is 57.8 Å². The molecule has 0 spiro atoms. The van der Waals surface area contributed by atoms with Crippen molar-refractivity contribution in [3.8, 4) is 0 Å². The zero-order chi connectivity index (χ0) is 17.2. The Balaban J connectivity index is 1.85. The van der Waals surface area contributed by atoms with Crippen LogP contribution in [0.15, 0.2) is 11.3 Å². The molecule has 1 aliphatic heterocycles. The van der Waals surface area contributed by atoms with E-state index in [0.717, 1.165) is 64.7 Å². The molecular formula is C19H33NO4. The van der Waals surface area contributed by atoms with Crippen molar-refractivity contribution in [1.82, 2.24) is 4.90 Å². The van der Waals surface area contributed by atoms with Crippen LogP contribution in [-0.4, -0.2) is 57.5 Å². The van der Waals surface area contributed by atoms with E-state index in [0.29, 0.717) is 6.61 Å². The van der Waals surface area contributed by atoms with Crippen molar-refractivity contribution >= 4 is 5.97 Å². The highest BCUT2D eigenvalue weighted by Gasteiger charge is 2.37. The third kappa shape index (κ3) is 5.49. The fraction of sp³-hybridized carbons (Fsp3) is 0.842. The van der Waals surface area contributed by atoms with Gasteiger partial charge in [0.2, 0.25) is 0 Å². The highest BCUT2D eigenvalue weighted by molar-refractivity contribution is 5.77. The molecule has 5 nitrogen and oxygen atoms in total. The van der Waals surface area contributed by atoms with Gasteiger partial charge in [-0.05, 0) is 56.9 Å². The molecule has 0 aromatic heterocycles. The fourth-order valence-corrected chi connectivity index (χ4v) is 3.70. The Bertz CT molecular complexity index is 422. The minimum Gasteiger partial charge on any atom is -0.464 e. The highest BCUT2D eigenvalue weighted by atomic mass is 16.5. The van der Waals surface area contributed by atoms with Crippen LogP contribution in [0.25, 0.3) is 0 Å². The van der Waals surface area contributed by atoms with E-state index < -0.39 is 0 Å². The van der Waals surface area contributed by atoms with Gasteiger partial charge in [0.25, 0.3) is 0 Å². The lowest BCUT2D eigenvalue weighted by Crippen LogP contribution is -2.38. The largest absolute Gasteiger partial charge is 0.464 e. The van der Waals surface area contributed by atoms with Crippen molar-refractivity contribution in [1.29, 1.82) is 0 Å². The summed E-state index contributed by atoms with van der Waals surface area (Å²) in [6.07, 6.45) is 9.55. The number of rotatable bonds is 11. The summed E-state index contributed by atoms with van der Waals surface area (Å²) in [6.45, 7) is 2.95. The maximum absolute atomic E-state index is 12.6. The van der Waals surface area contributed by atoms with Crippen molar-refractivity contribution < 1.29 is 19.0 Å². The summed E-state index contributed by atoms with van der Waals surface area (Å²) < 4.78 is 15.7. The van der Waals surface area contributed by atoms with Crippen molar-refractivity contribution in [3.63, 3.8) is 0 Å². The molecule has 2 aliphatic rings. The molecule has 138 valence electrons. The normalized spacial score (nSPS) is 20.4. The third-order valence-corrected chi connectivity index (χ3v) is 4.97. The zero-order valence-electron chi connectivity index (χ0n) is 15.3. The van der Waals surface area contributed by atoms with Crippen molar-refractivity contribution in [3.05, 3.63) is 11.3 Å². The molecule has 0 saturated carbocycles. The first-order chi connectivity index (χ1) is 11.8. The Morgan fingerprint density at radius 2 is 1.67 bits per heavy atom. The summed E-state index contributed by atoms with van der Waals surface area (Å²) in [5, 5.41) is 0. The lowest BCUT2D eigenvalue weighted by Gasteiger charge is -2.29. The smallest absolute Gasteiger partial charge is 0.329 e. The van der Waals surface area contributed by atoms with Gasteiger partial charge in [-0.25, -0.2) is 4.79 Å². The number of unbranched alkanes of at least 4 members (excludes halogenated alkanes) is 2. The number of allylic oxidation sites excluding steroid dienone is 1. The van der Waals surface area contributed by atoms with E-state index in [1.807, 2.05) is 0 Å². The Hall–Kier alpha value is -1.07. The lowest BCUT2D eigenvalue weighted by atomic mass is 9.96. The van der Waals surface area contributed by atoms with Gasteiger partial charge in [0.15, 0.2) is 0 Å². The quantitative estimate of drug-likeness (QED) is 0.427. The van der Waals surface area contributed by atoms with Gasteiger partial charge in [-0.15, -0.1) is 0 Å². The van der Waals surface area contributed by atoms with E-state index >= 15 is 0 Å². The molecule has 0 aromatic carbocycles. The highest BCUT2D eigenvalue weighted by Crippen LogP contribution is 2.38. The number of methoxy groups -OCH3 is 2. The zero-order valence-corrected chi connectivity index (χ0v) is 15.3. The van der Waals surface area contributed by atoms with E-state index in [4.69, 9.17) is 14.2 Å². The molecular weight excluding hydrogens is 306 g/mol. The van der Waals surface area contributed by atoms with Crippen LogP contribution >= 0.6 is 0 Å². The van der Waals surface area contributed by atoms with Crippen molar-refractivity contribution in [2.24, 2.45) is 0 Å². The minimum absolute atomic E-state index is 0.0476. The van der Waals surface area contributed by atoms with Crippen molar-refractivity contribution in [2.45, 2.75) is 63.8 Å². The van der Waals surface area contributed by atoms with Gasteiger partial charge in [-0.2, -0.15) is 0 Å². The second-order valence-corrected chi connectivity index (χ2v) is 6.74. The first kappa shape index (κ1) is 19.3. The van der Waals surface area contributed by atoms with Crippen LogP contribution in [0.2, 0.25) is 0 Å². The van der Waals surface area contributed by atoms with Gasteiger partial charge in [-0.3, -0.25) is 0 Å². The third-order valence-electron chi connectivity index (χ3n) is 4.97. The summed E-state index contributed by atoms with van der Waals surface area (Å²) in [5.41, 5.74) is 2.93. The molecule has 1 atom stereocenters. The van der Waals surface area contributed by atoms with Crippen molar-refractivity contribution in [2.75, 3.05) is 40.6 Å². The summed E-state index contributed by atoms with van der Waals surface area (Å²) in [7, 11) is 3.43. The number of esters is 1. The average Bonchev–Trinajstić information content (AvgIpc) is 2.97. The number of hydrogen-bond donors (Lipinski definition) is 0. The SMILES string of the molecule is COCCCCOC(=O)C1CC2=C(CCCC2)N1CCCCOC. The van der Waals surface area contributed by atoms with Crippen LogP contribution in [0.4, 0.5) is 0 Å². The predicted octanol–water partition coefficient (Wildman–Crippen LogP) is 3.29. The molecule has 0 aromatic rings. The minimum atomic E-state index is -0.0990. The monoisotopic (exact) mass is 339 g/mol. The maximum Gasteiger partial charge on any atom is 0.329 e. The van der Waals surface area contributed by atoms with Crippen LogP contribution in [0.3, 0.4) is 0 Å². The summed E-state index contributed by atoms with van der Waals surface area (Å²) in [5.74, 6) is -0.0476. The molecule has 0 fully saturated rings. The lowest BCUT2D eigenvalue weighted by molar-refractivity contribution is -0.149. The number of nitrogens with zero attached hydrogens (tertiary/aromatic N) is 1.